The van der Waals surface area contributed by atoms with E-state index in [2.05, 4.69) is 0 Å². The first-order chi connectivity index (χ1) is 9.40. The van der Waals surface area contributed by atoms with Gasteiger partial charge in [-0.25, -0.2) is 0 Å². The Bertz CT molecular complexity index is 779. The van der Waals surface area contributed by atoms with Crippen LogP contribution in [0.2, 0.25) is 0 Å². The Morgan fingerprint density at radius 1 is 1.00 bits per heavy atom. The van der Waals surface area contributed by atoms with Crippen molar-refractivity contribution in [1.82, 2.24) is 0 Å². The molecule has 0 aliphatic carbocycles. The van der Waals surface area contributed by atoms with Gasteiger partial charge in [0, 0.05) is 0 Å². The normalized spacial score (nSPS) is 11.1. The lowest BCUT2D eigenvalue weighted by Crippen LogP contribution is -2.10. The summed E-state index contributed by atoms with van der Waals surface area (Å²) in [6.45, 7) is 1.82. The van der Waals surface area contributed by atoms with Crippen molar-refractivity contribution < 1.29 is 17.7 Å². The van der Waals surface area contributed by atoms with Gasteiger partial charge in [0.15, 0.2) is 5.75 Å². The number of aromatic hydroxyl groups is 1. The molecule has 1 N–H and O–H groups in total. The van der Waals surface area contributed by atoms with Gasteiger partial charge in [0.25, 0.3) is 0 Å². The highest BCUT2D eigenvalue weighted by Crippen LogP contribution is 2.24. The molecule has 0 radical (unpaired) electrons. The fourth-order valence-corrected chi connectivity index (χ4v) is 2.44. The second-order valence-electron chi connectivity index (χ2n) is 4.15. The highest BCUT2D eigenvalue weighted by Gasteiger charge is 2.18. The van der Waals surface area contributed by atoms with Gasteiger partial charge in [-0.05, 0) is 31.2 Å². The van der Waals surface area contributed by atoms with Crippen molar-refractivity contribution in [2.45, 2.75) is 11.8 Å². The van der Waals surface area contributed by atoms with Crippen LogP contribution in [0.4, 0.5) is 0 Å². The SMILES string of the molecule is Cc1ccc(S(=O)(=O)Oc2ccccc(=O)c2O)cc1. The van der Waals surface area contributed by atoms with Crippen LogP contribution in [0, 0.1) is 6.92 Å². The van der Waals surface area contributed by atoms with E-state index in [1.54, 1.807) is 12.1 Å². The molecule has 0 aromatic heterocycles. The minimum Gasteiger partial charge on any atom is -0.502 e. The Morgan fingerprint density at radius 2 is 1.60 bits per heavy atom. The van der Waals surface area contributed by atoms with Gasteiger partial charge >= 0.3 is 10.1 Å². The van der Waals surface area contributed by atoms with Gasteiger partial charge in [-0.2, -0.15) is 8.42 Å². The standard InChI is InChI=1S/C14H12O5S/c1-10-6-8-11(9-7-10)20(17,18)19-13-5-3-2-4-12(15)14(13)16/h2-9H,1H3,(H,15,16). The Balaban J connectivity index is 2.44. The summed E-state index contributed by atoms with van der Waals surface area (Å²) < 4.78 is 28.9. The largest absolute Gasteiger partial charge is 0.502 e. The first-order valence-electron chi connectivity index (χ1n) is 5.73. The molecule has 6 heteroatoms. The fraction of sp³-hybridized carbons (Fsp3) is 0.0714. The molecular weight excluding hydrogens is 280 g/mol. The summed E-state index contributed by atoms with van der Waals surface area (Å²) in [6.07, 6.45) is 0. The summed E-state index contributed by atoms with van der Waals surface area (Å²) in [6, 6.07) is 11.1. The van der Waals surface area contributed by atoms with Gasteiger partial charge in [0.1, 0.15) is 4.90 Å². The predicted octanol–water partition coefficient (Wildman–Crippen LogP) is 1.83. The van der Waals surface area contributed by atoms with Gasteiger partial charge < -0.3 is 9.29 Å². The molecule has 2 rings (SSSR count). The average Bonchev–Trinajstić information content (AvgIpc) is 2.55. The van der Waals surface area contributed by atoms with E-state index >= 15 is 0 Å². The lowest BCUT2D eigenvalue weighted by molar-refractivity contribution is 0.426. The Kier molecular flexibility index (Phi) is 3.76. The summed E-state index contributed by atoms with van der Waals surface area (Å²) in [5.41, 5.74) is 0.184. The van der Waals surface area contributed by atoms with Crippen LogP contribution in [-0.2, 0) is 10.1 Å². The van der Waals surface area contributed by atoms with E-state index in [1.165, 1.54) is 30.3 Å². The molecule has 0 amide bonds. The molecule has 0 aliphatic heterocycles. The molecular formula is C14H12O5S. The van der Waals surface area contributed by atoms with Crippen molar-refractivity contribution in [1.29, 1.82) is 0 Å². The zero-order chi connectivity index (χ0) is 14.8. The third-order valence-electron chi connectivity index (χ3n) is 2.58. The van der Waals surface area contributed by atoms with Gasteiger partial charge in [-0.1, -0.05) is 29.8 Å². The van der Waals surface area contributed by atoms with E-state index in [0.717, 1.165) is 11.6 Å². The second-order valence-corrected chi connectivity index (χ2v) is 5.69. The highest BCUT2D eigenvalue weighted by atomic mass is 32.2. The van der Waals surface area contributed by atoms with Crippen molar-refractivity contribution in [3.63, 3.8) is 0 Å². The molecule has 0 aliphatic rings. The lowest BCUT2D eigenvalue weighted by atomic mass is 10.2. The number of hydrogen-bond donors (Lipinski definition) is 1. The molecule has 2 aromatic carbocycles. The van der Waals surface area contributed by atoms with Crippen molar-refractivity contribution in [2.75, 3.05) is 0 Å². The van der Waals surface area contributed by atoms with E-state index in [1.807, 2.05) is 6.92 Å². The van der Waals surface area contributed by atoms with Crippen LogP contribution >= 0.6 is 0 Å². The molecule has 0 saturated heterocycles. The molecule has 0 atom stereocenters. The first kappa shape index (κ1) is 14.1. The van der Waals surface area contributed by atoms with Crippen LogP contribution in [-0.4, -0.2) is 13.5 Å². The lowest BCUT2D eigenvalue weighted by Gasteiger charge is -2.06. The van der Waals surface area contributed by atoms with E-state index < -0.39 is 27.0 Å². The molecule has 2 aromatic rings. The molecule has 0 unspecified atom stereocenters. The van der Waals surface area contributed by atoms with Gasteiger partial charge in [0.2, 0.25) is 11.2 Å². The molecule has 5 nitrogen and oxygen atoms in total. The van der Waals surface area contributed by atoms with E-state index in [9.17, 15) is 18.3 Å². The minimum atomic E-state index is -4.10. The second kappa shape index (κ2) is 5.34. The van der Waals surface area contributed by atoms with Gasteiger partial charge in [0.05, 0.1) is 0 Å². The topological polar surface area (TPSA) is 80.7 Å². The van der Waals surface area contributed by atoms with Crippen molar-refractivity contribution in [3.8, 4) is 11.5 Å². The average molecular weight is 292 g/mol. The quantitative estimate of drug-likeness (QED) is 0.873. The molecule has 0 fully saturated rings. The van der Waals surface area contributed by atoms with E-state index in [0.29, 0.717) is 0 Å². The maximum absolute atomic E-state index is 12.0. The van der Waals surface area contributed by atoms with Crippen LogP contribution in [0.3, 0.4) is 0 Å². The number of hydrogen-bond acceptors (Lipinski definition) is 5. The van der Waals surface area contributed by atoms with E-state index in [-0.39, 0.29) is 4.90 Å². The summed E-state index contributed by atoms with van der Waals surface area (Å²) >= 11 is 0. The predicted molar refractivity (Wildman–Crippen MR) is 73.4 cm³/mol. The van der Waals surface area contributed by atoms with Crippen LogP contribution in [0.15, 0.2) is 58.2 Å². The molecule has 104 valence electrons. The minimum absolute atomic E-state index is 0.0542. The van der Waals surface area contributed by atoms with Crippen molar-refractivity contribution in [3.05, 3.63) is 64.3 Å². The van der Waals surface area contributed by atoms with Crippen molar-refractivity contribution in [2.24, 2.45) is 0 Å². The van der Waals surface area contributed by atoms with Crippen LogP contribution in [0.25, 0.3) is 0 Å². The maximum Gasteiger partial charge on any atom is 0.339 e. The zero-order valence-electron chi connectivity index (χ0n) is 10.6. The van der Waals surface area contributed by atoms with Gasteiger partial charge in [-0.15, -0.1) is 0 Å². The number of rotatable bonds is 3. The number of aryl methyl sites for hydroxylation is 1. The smallest absolute Gasteiger partial charge is 0.339 e. The Morgan fingerprint density at radius 3 is 2.25 bits per heavy atom. The molecule has 0 spiro atoms. The molecule has 0 heterocycles. The van der Waals surface area contributed by atoms with Gasteiger partial charge in [-0.3, -0.25) is 4.79 Å². The fourth-order valence-electron chi connectivity index (χ4n) is 1.50. The molecule has 0 saturated carbocycles. The third-order valence-corrected chi connectivity index (χ3v) is 3.83. The summed E-state index contributed by atoms with van der Waals surface area (Å²) in [7, 11) is -4.10. The van der Waals surface area contributed by atoms with Crippen molar-refractivity contribution >= 4 is 10.1 Å². The Labute approximate surface area is 116 Å². The van der Waals surface area contributed by atoms with Crippen LogP contribution < -0.4 is 9.61 Å². The third kappa shape index (κ3) is 2.97. The van der Waals surface area contributed by atoms with Crippen LogP contribution in [0.1, 0.15) is 5.56 Å². The Hall–Kier alpha value is -2.34. The summed E-state index contributed by atoms with van der Waals surface area (Å²) in [5, 5.41) is 9.61. The van der Waals surface area contributed by atoms with E-state index in [4.69, 9.17) is 4.18 Å². The van der Waals surface area contributed by atoms with Crippen LogP contribution in [0.5, 0.6) is 11.5 Å². The highest BCUT2D eigenvalue weighted by molar-refractivity contribution is 7.87. The zero-order valence-corrected chi connectivity index (χ0v) is 11.4. The monoisotopic (exact) mass is 292 g/mol. The number of benzene rings is 1. The first-order valence-corrected chi connectivity index (χ1v) is 7.14. The summed E-state index contributed by atoms with van der Waals surface area (Å²) in [5.74, 6) is -1.15. The summed E-state index contributed by atoms with van der Waals surface area (Å²) in [4.78, 5) is 11.3. The molecule has 0 bridgehead atoms. The maximum atomic E-state index is 12.0. The molecule has 20 heavy (non-hydrogen) atoms.